The molecule has 0 bridgehead atoms. The Morgan fingerprint density at radius 1 is 0.971 bits per heavy atom. The molecule has 0 spiro atoms. The van der Waals surface area contributed by atoms with E-state index in [0.717, 1.165) is 24.2 Å². The predicted molar refractivity (Wildman–Crippen MR) is 128 cm³/mol. The average molecular weight is 486 g/mol. The number of rotatable bonds is 5. The molecule has 4 rings (SSSR count). The fraction of sp³-hybridized carbons (Fsp3) is 0.440. The quantitative estimate of drug-likeness (QED) is 0.700. The van der Waals surface area contributed by atoms with Gasteiger partial charge in [-0.2, -0.15) is 4.31 Å². The van der Waals surface area contributed by atoms with Crippen molar-refractivity contribution in [3.8, 4) is 5.75 Å². The number of amides is 2. The maximum absolute atomic E-state index is 13.6. The van der Waals surface area contributed by atoms with Gasteiger partial charge in [-0.1, -0.05) is 30.3 Å². The van der Waals surface area contributed by atoms with Gasteiger partial charge in [-0.15, -0.1) is 0 Å². The Labute approximate surface area is 200 Å². The van der Waals surface area contributed by atoms with Gasteiger partial charge in [0.2, 0.25) is 21.8 Å². The molecular formula is C25H31N3O5S. The third-order valence-corrected chi connectivity index (χ3v) is 8.51. The van der Waals surface area contributed by atoms with E-state index in [1.165, 1.54) is 4.31 Å². The maximum Gasteiger partial charge on any atom is 0.243 e. The van der Waals surface area contributed by atoms with Gasteiger partial charge in [0.05, 0.1) is 17.4 Å². The monoisotopic (exact) mass is 485 g/mol. The van der Waals surface area contributed by atoms with Crippen molar-refractivity contribution in [3.63, 3.8) is 0 Å². The van der Waals surface area contributed by atoms with Crippen LogP contribution < -0.4 is 10.1 Å². The number of sulfonamides is 1. The Bertz CT molecular complexity index is 1110. The summed E-state index contributed by atoms with van der Waals surface area (Å²) in [6.45, 7) is 1.51. The van der Waals surface area contributed by atoms with Gasteiger partial charge < -0.3 is 15.0 Å². The van der Waals surface area contributed by atoms with Crippen LogP contribution in [0.3, 0.4) is 0 Å². The highest BCUT2D eigenvalue weighted by Crippen LogP contribution is 2.50. The van der Waals surface area contributed by atoms with Gasteiger partial charge in [-0.05, 0) is 49.1 Å². The molecule has 0 aromatic heterocycles. The largest absolute Gasteiger partial charge is 0.497 e. The fourth-order valence-corrected chi connectivity index (χ4v) is 5.96. The highest BCUT2D eigenvalue weighted by molar-refractivity contribution is 7.89. The molecule has 2 amide bonds. The predicted octanol–water partition coefficient (Wildman–Crippen LogP) is 2.16. The lowest BCUT2D eigenvalue weighted by atomic mass is 9.94. The molecule has 9 heteroatoms. The highest BCUT2D eigenvalue weighted by Gasteiger charge is 2.52. The molecule has 1 saturated carbocycles. The molecule has 2 aliphatic rings. The minimum atomic E-state index is -3.73. The Kier molecular flexibility index (Phi) is 7.23. The number of carbonyl (C=O) groups is 2. The van der Waals surface area contributed by atoms with Crippen LogP contribution in [0.4, 0.5) is 0 Å². The fourth-order valence-electron chi connectivity index (χ4n) is 4.46. The molecule has 8 nitrogen and oxygen atoms in total. The number of methoxy groups -OCH3 is 1. The van der Waals surface area contributed by atoms with Crippen molar-refractivity contribution in [2.75, 3.05) is 39.8 Å². The normalized spacial score (nSPS) is 19.6. The second-order valence-corrected chi connectivity index (χ2v) is 10.7. The smallest absolute Gasteiger partial charge is 0.243 e. The third-order valence-electron chi connectivity index (χ3n) is 6.60. The molecule has 182 valence electrons. The summed E-state index contributed by atoms with van der Waals surface area (Å²) >= 11 is 0. The van der Waals surface area contributed by atoms with Crippen LogP contribution in [-0.2, 0) is 25.0 Å². The summed E-state index contributed by atoms with van der Waals surface area (Å²) in [5.41, 5.74) is 0.414. The molecule has 1 aliphatic heterocycles. The molecule has 1 aliphatic carbocycles. The first-order valence-electron chi connectivity index (χ1n) is 11.6. The molecule has 1 N–H and O–H groups in total. The van der Waals surface area contributed by atoms with E-state index >= 15 is 0 Å². The summed E-state index contributed by atoms with van der Waals surface area (Å²) in [7, 11) is -2.12. The first kappa shape index (κ1) is 24.2. The second-order valence-electron chi connectivity index (χ2n) is 8.77. The van der Waals surface area contributed by atoms with Gasteiger partial charge in [0.1, 0.15) is 5.75 Å². The number of benzene rings is 2. The SMILES string of the molecule is COc1ccc(C2(C(=O)N3CCCN(S(=O)(=O)c4ccccc4)CCC(=O)NCC3)CC2)cc1. The van der Waals surface area contributed by atoms with E-state index in [0.29, 0.717) is 26.1 Å². The summed E-state index contributed by atoms with van der Waals surface area (Å²) < 4.78 is 32.9. The standard InChI is InChI=1S/C25H31N3O5S/c1-33-21-10-8-20(9-11-21)25(13-14-25)24(30)27-16-5-17-28(18-12-23(29)26-15-19-27)34(31,32)22-6-3-2-4-7-22/h2-4,6-11H,5,12-19H2,1H3,(H,26,29). The molecule has 2 aromatic rings. The van der Waals surface area contributed by atoms with Crippen molar-refractivity contribution in [2.45, 2.75) is 36.0 Å². The van der Waals surface area contributed by atoms with Gasteiger partial charge >= 0.3 is 0 Å². The molecule has 0 atom stereocenters. The van der Waals surface area contributed by atoms with Crippen molar-refractivity contribution in [2.24, 2.45) is 0 Å². The van der Waals surface area contributed by atoms with E-state index in [2.05, 4.69) is 5.32 Å². The first-order valence-corrected chi connectivity index (χ1v) is 13.1. The Balaban J connectivity index is 1.51. The van der Waals surface area contributed by atoms with Crippen LogP contribution in [0.25, 0.3) is 0 Å². The summed E-state index contributed by atoms with van der Waals surface area (Å²) in [5.74, 6) is 0.548. The zero-order valence-electron chi connectivity index (χ0n) is 19.4. The van der Waals surface area contributed by atoms with Crippen molar-refractivity contribution < 1.29 is 22.7 Å². The first-order chi connectivity index (χ1) is 16.4. The lowest BCUT2D eigenvalue weighted by molar-refractivity contribution is -0.134. The average Bonchev–Trinajstić information content (AvgIpc) is 3.67. The van der Waals surface area contributed by atoms with Gasteiger partial charge in [0.25, 0.3) is 0 Å². The van der Waals surface area contributed by atoms with E-state index < -0.39 is 15.4 Å². The van der Waals surface area contributed by atoms with Crippen LogP contribution in [-0.4, -0.2) is 69.3 Å². The molecule has 0 radical (unpaired) electrons. The van der Waals surface area contributed by atoms with Gasteiger partial charge in [-0.25, -0.2) is 8.42 Å². The van der Waals surface area contributed by atoms with Crippen LogP contribution in [0.5, 0.6) is 5.75 Å². The Morgan fingerprint density at radius 3 is 2.32 bits per heavy atom. The molecule has 1 saturated heterocycles. The van der Waals surface area contributed by atoms with E-state index in [4.69, 9.17) is 4.74 Å². The Hall–Kier alpha value is -2.91. The number of hydrogen-bond donors (Lipinski definition) is 1. The molecule has 2 aromatic carbocycles. The van der Waals surface area contributed by atoms with E-state index in [1.807, 2.05) is 24.3 Å². The lowest BCUT2D eigenvalue weighted by Gasteiger charge is -2.28. The molecular weight excluding hydrogens is 454 g/mol. The third kappa shape index (κ3) is 5.10. The van der Waals surface area contributed by atoms with Crippen molar-refractivity contribution in [3.05, 3.63) is 60.2 Å². The van der Waals surface area contributed by atoms with Crippen molar-refractivity contribution in [1.29, 1.82) is 0 Å². The van der Waals surface area contributed by atoms with Crippen LogP contribution in [0, 0.1) is 0 Å². The van der Waals surface area contributed by atoms with Gasteiger partial charge in [-0.3, -0.25) is 9.59 Å². The van der Waals surface area contributed by atoms with Crippen molar-refractivity contribution in [1.82, 2.24) is 14.5 Å². The minimum absolute atomic E-state index is 0.0311. The van der Waals surface area contributed by atoms with Crippen molar-refractivity contribution >= 4 is 21.8 Å². The Morgan fingerprint density at radius 2 is 1.68 bits per heavy atom. The van der Waals surface area contributed by atoms with E-state index in [1.54, 1.807) is 42.3 Å². The second kappa shape index (κ2) is 10.1. The van der Waals surface area contributed by atoms with E-state index in [-0.39, 0.29) is 36.2 Å². The van der Waals surface area contributed by atoms with Crippen LogP contribution in [0.15, 0.2) is 59.5 Å². The molecule has 0 unspecified atom stereocenters. The minimum Gasteiger partial charge on any atom is -0.497 e. The van der Waals surface area contributed by atoms with Gasteiger partial charge in [0.15, 0.2) is 0 Å². The molecule has 34 heavy (non-hydrogen) atoms. The summed E-state index contributed by atoms with van der Waals surface area (Å²) in [6.07, 6.45) is 2.12. The van der Waals surface area contributed by atoms with Gasteiger partial charge in [0, 0.05) is 39.1 Å². The number of nitrogens with zero attached hydrogens (tertiary/aromatic N) is 2. The van der Waals surface area contributed by atoms with Crippen LogP contribution >= 0.6 is 0 Å². The topological polar surface area (TPSA) is 96.0 Å². The van der Waals surface area contributed by atoms with Crippen LogP contribution in [0.1, 0.15) is 31.2 Å². The summed E-state index contributed by atoms with van der Waals surface area (Å²) in [6, 6.07) is 15.8. The maximum atomic E-state index is 13.6. The zero-order valence-corrected chi connectivity index (χ0v) is 20.2. The number of nitrogens with one attached hydrogen (secondary N) is 1. The molecule has 1 heterocycles. The highest BCUT2D eigenvalue weighted by atomic mass is 32.2. The lowest BCUT2D eigenvalue weighted by Crippen LogP contribution is -2.44. The van der Waals surface area contributed by atoms with E-state index in [9.17, 15) is 18.0 Å². The zero-order chi connectivity index (χ0) is 24.2. The van der Waals surface area contributed by atoms with Crippen LogP contribution in [0.2, 0.25) is 0 Å². The number of ether oxygens (including phenoxy) is 1. The summed E-state index contributed by atoms with van der Waals surface area (Å²) in [4.78, 5) is 27.9. The molecule has 2 fully saturated rings. The summed E-state index contributed by atoms with van der Waals surface area (Å²) in [5, 5.41) is 2.83. The number of hydrogen-bond acceptors (Lipinski definition) is 5. The number of carbonyl (C=O) groups excluding carboxylic acids is 2.